The van der Waals surface area contributed by atoms with E-state index in [0.29, 0.717) is 28.0 Å². The monoisotopic (exact) mass is 451 g/mol. The van der Waals surface area contributed by atoms with Gasteiger partial charge in [0, 0.05) is 13.0 Å². The minimum Gasteiger partial charge on any atom is -0.493 e. The third-order valence-corrected chi connectivity index (χ3v) is 6.02. The van der Waals surface area contributed by atoms with Crippen molar-refractivity contribution in [1.29, 1.82) is 0 Å². The standard InChI is InChI=1S/C23H27Cl2NO4/c1-23(2,3)30-22(27)26(4)19-10-14(13-7-8-17(24)18(25)9-13)15-11-20(28-5)21(29-6)12-16(15)19/h7-9,11-12,14,19H,10H2,1-6H3/t14-,19+/m0/s1. The highest BCUT2D eigenvalue weighted by Gasteiger charge is 2.38. The Balaban J connectivity index is 2.07. The van der Waals surface area contributed by atoms with E-state index in [1.807, 2.05) is 45.0 Å². The van der Waals surface area contributed by atoms with E-state index in [1.165, 1.54) is 0 Å². The van der Waals surface area contributed by atoms with E-state index in [9.17, 15) is 4.79 Å². The number of hydrogen-bond donors (Lipinski definition) is 0. The molecule has 0 fully saturated rings. The summed E-state index contributed by atoms with van der Waals surface area (Å²) in [5.74, 6) is 1.28. The van der Waals surface area contributed by atoms with Crippen molar-refractivity contribution in [1.82, 2.24) is 4.90 Å². The minimum atomic E-state index is -0.576. The minimum absolute atomic E-state index is 0.0180. The average molecular weight is 452 g/mol. The molecule has 162 valence electrons. The van der Waals surface area contributed by atoms with Crippen LogP contribution in [-0.2, 0) is 4.74 Å². The quantitative estimate of drug-likeness (QED) is 0.535. The summed E-state index contributed by atoms with van der Waals surface area (Å²) in [7, 11) is 4.97. The first kappa shape index (κ1) is 22.6. The third kappa shape index (κ3) is 4.47. The predicted molar refractivity (Wildman–Crippen MR) is 119 cm³/mol. The fourth-order valence-corrected chi connectivity index (χ4v) is 4.16. The molecule has 7 heteroatoms. The summed E-state index contributed by atoms with van der Waals surface area (Å²) in [4.78, 5) is 14.4. The van der Waals surface area contributed by atoms with Gasteiger partial charge in [0.05, 0.1) is 30.3 Å². The summed E-state index contributed by atoms with van der Waals surface area (Å²) in [5, 5.41) is 1.01. The molecule has 0 unspecified atom stereocenters. The topological polar surface area (TPSA) is 48.0 Å². The Morgan fingerprint density at radius 1 is 1.00 bits per heavy atom. The molecular weight excluding hydrogens is 425 g/mol. The van der Waals surface area contributed by atoms with E-state index in [-0.39, 0.29) is 18.1 Å². The van der Waals surface area contributed by atoms with Crippen LogP contribution >= 0.6 is 23.2 Å². The van der Waals surface area contributed by atoms with Gasteiger partial charge in [0.25, 0.3) is 0 Å². The van der Waals surface area contributed by atoms with E-state index in [4.69, 9.17) is 37.4 Å². The molecule has 3 rings (SSSR count). The van der Waals surface area contributed by atoms with Crippen LogP contribution in [0.3, 0.4) is 0 Å². The molecule has 30 heavy (non-hydrogen) atoms. The number of ether oxygens (including phenoxy) is 3. The van der Waals surface area contributed by atoms with Gasteiger partial charge in [0.1, 0.15) is 5.60 Å². The zero-order valence-electron chi connectivity index (χ0n) is 18.1. The highest BCUT2D eigenvalue weighted by Crippen LogP contribution is 2.50. The molecule has 1 aliphatic rings. The van der Waals surface area contributed by atoms with Gasteiger partial charge in [-0.3, -0.25) is 0 Å². The second kappa shape index (κ2) is 8.56. The fraction of sp³-hybridized carbons (Fsp3) is 0.435. The second-order valence-corrected chi connectivity index (χ2v) is 9.22. The maximum atomic E-state index is 12.8. The predicted octanol–water partition coefficient (Wildman–Crippen LogP) is 6.45. The summed E-state index contributed by atoms with van der Waals surface area (Å²) in [6.07, 6.45) is 0.308. The molecule has 1 amide bonds. The molecule has 0 radical (unpaired) electrons. The van der Waals surface area contributed by atoms with Gasteiger partial charge in [-0.25, -0.2) is 4.79 Å². The maximum Gasteiger partial charge on any atom is 0.410 e. The molecule has 0 saturated heterocycles. The van der Waals surface area contributed by atoms with Gasteiger partial charge in [0.2, 0.25) is 0 Å². The Kier molecular flexibility index (Phi) is 6.44. The Morgan fingerprint density at radius 2 is 1.60 bits per heavy atom. The number of hydrogen-bond acceptors (Lipinski definition) is 4. The Bertz CT molecular complexity index is 955. The van der Waals surface area contributed by atoms with Crippen LogP contribution in [0.1, 0.15) is 55.8 Å². The molecule has 0 spiro atoms. The van der Waals surface area contributed by atoms with Crippen molar-refractivity contribution >= 4 is 29.3 Å². The van der Waals surface area contributed by atoms with Crippen LogP contribution in [0.15, 0.2) is 30.3 Å². The van der Waals surface area contributed by atoms with Crippen molar-refractivity contribution < 1.29 is 19.0 Å². The molecule has 2 aromatic rings. The Morgan fingerprint density at radius 3 is 2.13 bits per heavy atom. The lowest BCUT2D eigenvalue weighted by Crippen LogP contribution is -2.36. The number of fused-ring (bicyclic) bond motifs is 1. The van der Waals surface area contributed by atoms with Crippen LogP contribution in [0.4, 0.5) is 4.79 Å². The van der Waals surface area contributed by atoms with Gasteiger partial charge in [-0.1, -0.05) is 29.3 Å². The number of nitrogens with zero attached hydrogens (tertiary/aromatic N) is 1. The molecule has 0 bridgehead atoms. The number of benzene rings is 2. The maximum absolute atomic E-state index is 12.8. The molecule has 0 N–H and O–H groups in total. The highest BCUT2D eigenvalue weighted by atomic mass is 35.5. The van der Waals surface area contributed by atoms with Crippen LogP contribution in [0.5, 0.6) is 11.5 Å². The molecule has 1 aliphatic carbocycles. The third-order valence-electron chi connectivity index (χ3n) is 5.28. The van der Waals surface area contributed by atoms with E-state index < -0.39 is 5.60 Å². The van der Waals surface area contributed by atoms with Crippen LogP contribution < -0.4 is 9.47 Å². The van der Waals surface area contributed by atoms with Crippen LogP contribution in [-0.4, -0.2) is 37.9 Å². The van der Waals surface area contributed by atoms with Gasteiger partial charge in [-0.2, -0.15) is 0 Å². The Labute approximate surface area is 187 Å². The number of amides is 1. The molecule has 0 heterocycles. The zero-order chi connectivity index (χ0) is 22.2. The lowest BCUT2D eigenvalue weighted by atomic mass is 9.93. The lowest BCUT2D eigenvalue weighted by Gasteiger charge is -2.29. The van der Waals surface area contributed by atoms with Gasteiger partial charge < -0.3 is 19.1 Å². The van der Waals surface area contributed by atoms with E-state index in [1.54, 1.807) is 32.2 Å². The SMILES string of the molecule is COc1cc2c(cc1OC)[C@H](N(C)C(=O)OC(C)(C)C)C[C@H]2c1ccc(Cl)c(Cl)c1. The molecule has 2 atom stereocenters. The van der Waals surface area contributed by atoms with Crippen molar-refractivity contribution in [2.75, 3.05) is 21.3 Å². The first-order valence-electron chi connectivity index (χ1n) is 9.72. The fourth-order valence-electron chi connectivity index (χ4n) is 3.85. The number of rotatable bonds is 4. The van der Waals surface area contributed by atoms with Crippen LogP contribution in [0, 0.1) is 0 Å². The summed E-state index contributed by atoms with van der Waals surface area (Å²) in [6, 6.07) is 9.38. The van der Waals surface area contributed by atoms with E-state index >= 15 is 0 Å². The van der Waals surface area contributed by atoms with Crippen molar-refractivity contribution in [2.24, 2.45) is 0 Å². The first-order chi connectivity index (χ1) is 14.1. The molecule has 0 aromatic heterocycles. The normalized spacial score (nSPS) is 18.0. The highest BCUT2D eigenvalue weighted by molar-refractivity contribution is 6.42. The molecule has 0 aliphatic heterocycles. The number of carbonyl (C=O) groups excluding carboxylic acids is 1. The molecule has 5 nitrogen and oxygen atoms in total. The van der Waals surface area contributed by atoms with Crippen LogP contribution in [0.25, 0.3) is 0 Å². The number of halogens is 2. The van der Waals surface area contributed by atoms with Crippen molar-refractivity contribution in [3.8, 4) is 11.5 Å². The summed E-state index contributed by atoms with van der Waals surface area (Å²) in [6.45, 7) is 5.56. The summed E-state index contributed by atoms with van der Waals surface area (Å²) < 4.78 is 16.6. The van der Waals surface area contributed by atoms with Crippen molar-refractivity contribution in [3.63, 3.8) is 0 Å². The second-order valence-electron chi connectivity index (χ2n) is 8.40. The molecular formula is C23H27Cl2NO4. The smallest absolute Gasteiger partial charge is 0.410 e. The Hall–Kier alpha value is -2.11. The molecule has 2 aromatic carbocycles. The molecule has 0 saturated carbocycles. The largest absolute Gasteiger partial charge is 0.493 e. The lowest BCUT2D eigenvalue weighted by molar-refractivity contribution is 0.0218. The van der Waals surface area contributed by atoms with Gasteiger partial charge >= 0.3 is 6.09 Å². The summed E-state index contributed by atoms with van der Waals surface area (Å²) >= 11 is 12.4. The van der Waals surface area contributed by atoms with Gasteiger partial charge in [-0.15, -0.1) is 0 Å². The van der Waals surface area contributed by atoms with E-state index in [2.05, 4.69) is 0 Å². The van der Waals surface area contributed by atoms with Crippen molar-refractivity contribution in [2.45, 2.75) is 44.8 Å². The van der Waals surface area contributed by atoms with Gasteiger partial charge in [0.15, 0.2) is 11.5 Å². The average Bonchev–Trinajstić information content (AvgIpc) is 3.05. The van der Waals surface area contributed by atoms with Crippen LogP contribution in [0.2, 0.25) is 10.0 Å². The zero-order valence-corrected chi connectivity index (χ0v) is 19.6. The number of carbonyl (C=O) groups is 1. The van der Waals surface area contributed by atoms with Gasteiger partial charge in [-0.05, 0) is 68.1 Å². The van der Waals surface area contributed by atoms with Crippen molar-refractivity contribution in [3.05, 3.63) is 57.1 Å². The number of methoxy groups -OCH3 is 2. The van der Waals surface area contributed by atoms with E-state index in [0.717, 1.165) is 16.7 Å². The first-order valence-corrected chi connectivity index (χ1v) is 10.5. The summed E-state index contributed by atoms with van der Waals surface area (Å²) in [5.41, 5.74) is 2.51.